The first-order chi connectivity index (χ1) is 17.3. The largest absolute Gasteiger partial charge is 0.496 e. The third-order valence-electron chi connectivity index (χ3n) is 7.50. The van der Waals surface area contributed by atoms with Crippen LogP contribution in [0.4, 0.5) is 0 Å². The van der Waals surface area contributed by atoms with Crippen molar-refractivity contribution >= 4 is 40.1 Å². The summed E-state index contributed by atoms with van der Waals surface area (Å²) in [6.45, 7) is 0. The highest BCUT2D eigenvalue weighted by atomic mass is 31.1. The van der Waals surface area contributed by atoms with E-state index >= 15 is 0 Å². The number of hydrogen-bond donors (Lipinski definition) is 0. The quantitative estimate of drug-likeness (QED) is 0.232. The Morgan fingerprint density at radius 1 is 0.600 bits per heavy atom. The minimum Gasteiger partial charge on any atom is -0.496 e. The van der Waals surface area contributed by atoms with E-state index in [2.05, 4.69) is 103 Å². The molecule has 0 heterocycles. The fraction of sp³-hybridized carbons (Fsp3) is 0.212. The van der Waals surface area contributed by atoms with Gasteiger partial charge in [-0.3, -0.25) is 0 Å². The summed E-state index contributed by atoms with van der Waals surface area (Å²) in [7, 11) is 1.29. The molecule has 2 heteroatoms. The summed E-state index contributed by atoms with van der Waals surface area (Å²) < 4.78 is 6.05. The van der Waals surface area contributed by atoms with E-state index in [0.29, 0.717) is 5.66 Å². The molecular weight excluding hydrogens is 443 g/mol. The highest BCUT2D eigenvalue weighted by Crippen LogP contribution is 2.51. The smallest absolute Gasteiger partial charge is 0.127 e. The molecule has 5 aromatic carbocycles. The Bertz CT molecular complexity index is 1470. The molecule has 0 amide bonds. The molecule has 0 spiro atoms. The van der Waals surface area contributed by atoms with Crippen LogP contribution in [0.5, 0.6) is 5.75 Å². The molecule has 0 saturated heterocycles. The van der Waals surface area contributed by atoms with Crippen molar-refractivity contribution in [1.82, 2.24) is 0 Å². The molecule has 1 aliphatic carbocycles. The molecule has 1 nitrogen and oxygen atoms in total. The minimum absolute atomic E-state index is 0.515. The fourth-order valence-electron chi connectivity index (χ4n) is 5.88. The standard InChI is InChI=1S/C33H31OP/c1-34-30-22-20-24-12-8-10-18-28(24)32(30)33-29-19-11-9-13-25(29)21-23-31(33)35(26-14-4-2-5-15-26)27-16-6-3-7-17-27/h2,4-5,8-15,18-23,27H,3,6-7,16-17H2,1H3. The Balaban J connectivity index is 1.71. The number of hydrogen-bond acceptors (Lipinski definition) is 1. The van der Waals surface area contributed by atoms with Crippen LogP contribution >= 0.6 is 7.92 Å². The van der Waals surface area contributed by atoms with E-state index < -0.39 is 7.92 Å². The van der Waals surface area contributed by atoms with Gasteiger partial charge in [-0.15, -0.1) is 0 Å². The van der Waals surface area contributed by atoms with Crippen LogP contribution in [-0.2, 0) is 0 Å². The van der Waals surface area contributed by atoms with Crippen molar-refractivity contribution in [2.75, 3.05) is 7.11 Å². The van der Waals surface area contributed by atoms with Crippen LogP contribution in [0.25, 0.3) is 32.7 Å². The molecule has 0 aliphatic heterocycles. The molecule has 0 bridgehead atoms. The second-order valence-corrected chi connectivity index (χ2v) is 12.0. The maximum absolute atomic E-state index is 6.05. The van der Waals surface area contributed by atoms with Crippen molar-refractivity contribution in [2.24, 2.45) is 0 Å². The maximum Gasteiger partial charge on any atom is 0.127 e. The molecule has 0 aromatic heterocycles. The van der Waals surface area contributed by atoms with Crippen molar-refractivity contribution in [3.8, 4) is 16.9 Å². The van der Waals surface area contributed by atoms with Gasteiger partial charge in [0, 0.05) is 11.1 Å². The van der Waals surface area contributed by atoms with Crippen LogP contribution in [0.3, 0.4) is 0 Å². The minimum atomic E-state index is -0.515. The Kier molecular flexibility index (Phi) is 6.28. The van der Waals surface area contributed by atoms with Crippen LogP contribution in [0, 0.1) is 0 Å². The van der Waals surface area contributed by atoms with Gasteiger partial charge in [0.15, 0.2) is 0 Å². The second kappa shape index (κ2) is 9.84. The first-order valence-corrected chi connectivity index (χ1v) is 14.2. The zero-order valence-corrected chi connectivity index (χ0v) is 21.2. The van der Waals surface area contributed by atoms with Crippen molar-refractivity contribution in [2.45, 2.75) is 37.8 Å². The number of rotatable bonds is 5. The van der Waals surface area contributed by atoms with Gasteiger partial charge in [-0.25, -0.2) is 0 Å². The molecule has 174 valence electrons. The first-order valence-electron chi connectivity index (χ1n) is 12.8. The van der Waals surface area contributed by atoms with Gasteiger partial charge in [0.1, 0.15) is 5.75 Å². The lowest BCUT2D eigenvalue weighted by molar-refractivity contribution is 0.417. The topological polar surface area (TPSA) is 9.23 Å². The fourth-order valence-corrected chi connectivity index (χ4v) is 9.05. The first kappa shape index (κ1) is 22.3. The van der Waals surface area contributed by atoms with Crippen LogP contribution in [-0.4, -0.2) is 12.8 Å². The van der Waals surface area contributed by atoms with Crippen molar-refractivity contribution in [3.63, 3.8) is 0 Å². The highest BCUT2D eigenvalue weighted by molar-refractivity contribution is 7.74. The Morgan fingerprint density at radius 3 is 1.89 bits per heavy atom. The lowest BCUT2D eigenvalue weighted by atomic mass is 9.93. The normalized spacial score (nSPS) is 15.3. The second-order valence-electron chi connectivity index (χ2n) is 9.54. The van der Waals surface area contributed by atoms with E-state index in [1.54, 1.807) is 7.11 Å². The summed E-state index contributed by atoms with van der Waals surface area (Å²) in [5, 5.41) is 8.10. The lowest BCUT2D eigenvalue weighted by Crippen LogP contribution is -2.25. The molecule has 0 N–H and O–H groups in total. The Hall–Kier alpha value is -3.15. The number of benzene rings is 5. The molecule has 1 fully saturated rings. The molecule has 1 saturated carbocycles. The summed E-state index contributed by atoms with van der Waals surface area (Å²) in [5.41, 5.74) is 3.30. The van der Waals surface area contributed by atoms with E-state index in [9.17, 15) is 0 Å². The zero-order valence-electron chi connectivity index (χ0n) is 20.3. The van der Waals surface area contributed by atoms with Gasteiger partial charge in [-0.2, -0.15) is 0 Å². The average molecular weight is 475 g/mol. The molecule has 1 atom stereocenters. The third kappa shape index (κ3) is 4.13. The molecule has 1 aliphatic rings. The zero-order chi connectivity index (χ0) is 23.6. The maximum atomic E-state index is 6.05. The van der Waals surface area contributed by atoms with E-state index in [1.165, 1.54) is 75.4 Å². The Morgan fingerprint density at radius 2 is 1.20 bits per heavy atom. The summed E-state index contributed by atoms with van der Waals surface area (Å²) in [6, 6.07) is 38.0. The van der Waals surface area contributed by atoms with Crippen LogP contribution < -0.4 is 15.3 Å². The van der Waals surface area contributed by atoms with Gasteiger partial charge < -0.3 is 4.74 Å². The van der Waals surface area contributed by atoms with Gasteiger partial charge in [-0.1, -0.05) is 116 Å². The lowest BCUT2D eigenvalue weighted by Gasteiger charge is -2.33. The van der Waals surface area contributed by atoms with Gasteiger partial charge >= 0.3 is 0 Å². The van der Waals surface area contributed by atoms with E-state index in [4.69, 9.17) is 4.74 Å². The average Bonchev–Trinajstić information content (AvgIpc) is 2.94. The monoisotopic (exact) mass is 474 g/mol. The summed E-state index contributed by atoms with van der Waals surface area (Å²) >= 11 is 0. The Labute approximate surface area is 209 Å². The van der Waals surface area contributed by atoms with E-state index in [1.807, 2.05) is 0 Å². The molecule has 5 aromatic rings. The van der Waals surface area contributed by atoms with Gasteiger partial charge in [0.2, 0.25) is 0 Å². The molecule has 1 unspecified atom stereocenters. The van der Waals surface area contributed by atoms with Crippen LogP contribution in [0.15, 0.2) is 103 Å². The summed E-state index contributed by atoms with van der Waals surface area (Å²) in [6.07, 6.45) is 6.70. The van der Waals surface area contributed by atoms with Gasteiger partial charge in [0.05, 0.1) is 7.11 Å². The predicted octanol–water partition coefficient (Wildman–Crippen LogP) is 8.43. The van der Waals surface area contributed by atoms with Crippen LogP contribution in [0.2, 0.25) is 0 Å². The van der Waals surface area contributed by atoms with Crippen molar-refractivity contribution in [3.05, 3.63) is 103 Å². The van der Waals surface area contributed by atoms with E-state index in [-0.39, 0.29) is 0 Å². The molecule has 35 heavy (non-hydrogen) atoms. The summed E-state index contributed by atoms with van der Waals surface area (Å²) in [4.78, 5) is 0. The van der Waals surface area contributed by atoms with E-state index in [0.717, 1.165) is 5.75 Å². The molecule has 6 rings (SSSR count). The van der Waals surface area contributed by atoms with Crippen molar-refractivity contribution in [1.29, 1.82) is 0 Å². The number of methoxy groups -OCH3 is 1. The highest BCUT2D eigenvalue weighted by Gasteiger charge is 2.30. The molecular formula is C33H31OP. The van der Waals surface area contributed by atoms with Gasteiger partial charge in [-0.05, 0) is 64.6 Å². The third-order valence-corrected chi connectivity index (χ3v) is 10.5. The van der Waals surface area contributed by atoms with Crippen LogP contribution in [0.1, 0.15) is 32.1 Å². The van der Waals surface area contributed by atoms with Crippen molar-refractivity contribution < 1.29 is 4.74 Å². The number of ether oxygens (including phenoxy) is 1. The summed E-state index contributed by atoms with van der Waals surface area (Å²) in [5.74, 6) is 0.952. The number of fused-ring (bicyclic) bond motifs is 2. The SMILES string of the molecule is COc1ccc2ccccc2c1-c1c(P(c2ccccc2)C2CCCCC2)ccc2ccccc12. The molecule has 0 radical (unpaired) electrons. The van der Waals surface area contributed by atoms with Gasteiger partial charge in [0.25, 0.3) is 0 Å². The predicted molar refractivity (Wildman–Crippen MR) is 153 cm³/mol.